The molecule has 27 heavy (non-hydrogen) atoms. The second-order valence-corrected chi connectivity index (χ2v) is 6.55. The Hall–Kier alpha value is -3.02. The van der Waals surface area contributed by atoms with Crippen LogP contribution in [0, 0.1) is 5.92 Å². The van der Waals surface area contributed by atoms with Crippen molar-refractivity contribution in [2.45, 2.75) is 26.9 Å². The van der Waals surface area contributed by atoms with Crippen LogP contribution in [0.4, 0.5) is 5.69 Å². The Labute approximate surface area is 159 Å². The van der Waals surface area contributed by atoms with Gasteiger partial charge in [-0.25, -0.2) is 0 Å². The highest BCUT2D eigenvalue weighted by Gasteiger charge is 2.19. The van der Waals surface area contributed by atoms with Crippen LogP contribution in [0.3, 0.4) is 0 Å². The van der Waals surface area contributed by atoms with E-state index in [4.69, 9.17) is 9.47 Å². The van der Waals surface area contributed by atoms with E-state index in [0.717, 1.165) is 0 Å². The minimum Gasteiger partial charge on any atom is -0.493 e. The van der Waals surface area contributed by atoms with Gasteiger partial charge in [-0.05, 0) is 37.1 Å². The monoisotopic (exact) mass is 370 g/mol. The highest BCUT2D eigenvalue weighted by molar-refractivity contribution is 6.04. The van der Waals surface area contributed by atoms with E-state index in [1.807, 2.05) is 19.9 Å². The molecule has 144 valence electrons. The number of anilines is 1. The number of benzene rings is 2. The number of carbonyl (C=O) groups excluding carboxylic acids is 2. The van der Waals surface area contributed by atoms with Crippen LogP contribution >= 0.6 is 0 Å². The number of para-hydroxylation sites is 3. The molecule has 6 heteroatoms. The summed E-state index contributed by atoms with van der Waals surface area (Å²) in [6.07, 6.45) is -0.770. The normalized spacial score (nSPS) is 11.6. The third-order valence-electron chi connectivity index (χ3n) is 3.84. The summed E-state index contributed by atoms with van der Waals surface area (Å²) in [5.74, 6) is 0.782. The Kier molecular flexibility index (Phi) is 7.23. The number of methoxy groups -OCH3 is 1. The molecule has 0 aromatic heterocycles. The molecule has 2 aromatic carbocycles. The molecule has 2 rings (SSSR count). The van der Waals surface area contributed by atoms with Crippen LogP contribution < -0.4 is 20.1 Å². The molecule has 0 aliphatic rings. The highest BCUT2D eigenvalue weighted by atomic mass is 16.5. The van der Waals surface area contributed by atoms with Gasteiger partial charge in [-0.15, -0.1) is 0 Å². The van der Waals surface area contributed by atoms with Gasteiger partial charge in [0.1, 0.15) is 0 Å². The molecule has 0 fully saturated rings. The topological polar surface area (TPSA) is 76.7 Å². The van der Waals surface area contributed by atoms with Gasteiger partial charge in [0.05, 0.1) is 18.4 Å². The molecule has 6 nitrogen and oxygen atoms in total. The first-order valence-electron chi connectivity index (χ1n) is 8.90. The quantitative estimate of drug-likeness (QED) is 0.746. The molecular weight excluding hydrogens is 344 g/mol. The van der Waals surface area contributed by atoms with Gasteiger partial charge >= 0.3 is 0 Å². The van der Waals surface area contributed by atoms with Gasteiger partial charge in [-0.3, -0.25) is 9.59 Å². The molecule has 2 N–H and O–H groups in total. The van der Waals surface area contributed by atoms with Crippen LogP contribution in [0.5, 0.6) is 11.5 Å². The number of rotatable bonds is 8. The molecule has 0 aliphatic carbocycles. The Balaban J connectivity index is 2.08. The van der Waals surface area contributed by atoms with Gasteiger partial charge in [-0.1, -0.05) is 38.1 Å². The summed E-state index contributed by atoms with van der Waals surface area (Å²) >= 11 is 0. The fraction of sp³-hybridized carbons (Fsp3) is 0.333. The molecule has 0 saturated carbocycles. The van der Waals surface area contributed by atoms with E-state index in [-0.39, 0.29) is 11.8 Å². The molecule has 0 unspecified atom stereocenters. The third-order valence-corrected chi connectivity index (χ3v) is 3.84. The van der Waals surface area contributed by atoms with Crippen LogP contribution in [0.1, 0.15) is 31.1 Å². The smallest absolute Gasteiger partial charge is 0.265 e. The van der Waals surface area contributed by atoms with E-state index in [2.05, 4.69) is 10.6 Å². The van der Waals surface area contributed by atoms with Crippen molar-refractivity contribution >= 4 is 17.5 Å². The van der Waals surface area contributed by atoms with Crippen molar-refractivity contribution in [1.82, 2.24) is 5.32 Å². The largest absolute Gasteiger partial charge is 0.493 e. The summed E-state index contributed by atoms with van der Waals surface area (Å²) in [5.41, 5.74) is 0.857. The number of hydrogen-bond acceptors (Lipinski definition) is 4. The molecule has 0 bridgehead atoms. The zero-order valence-electron chi connectivity index (χ0n) is 16.1. The van der Waals surface area contributed by atoms with E-state index in [9.17, 15) is 9.59 Å². The average Bonchev–Trinajstić information content (AvgIpc) is 2.66. The molecule has 1 atom stereocenters. The summed E-state index contributed by atoms with van der Waals surface area (Å²) in [7, 11) is 1.54. The summed E-state index contributed by atoms with van der Waals surface area (Å²) < 4.78 is 10.9. The van der Waals surface area contributed by atoms with Gasteiger partial charge in [0.25, 0.3) is 11.8 Å². The van der Waals surface area contributed by atoms with Crippen LogP contribution in [0.15, 0.2) is 48.5 Å². The number of ether oxygens (including phenoxy) is 2. The molecule has 2 amide bonds. The van der Waals surface area contributed by atoms with E-state index in [1.165, 1.54) is 0 Å². The Morgan fingerprint density at radius 3 is 2.26 bits per heavy atom. The van der Waals surface area contributed by atoms with Gasteiger partial charge in [0.15, 0.2) is 17.6 Å². The maximum absolute atomic E-state index is 12.5. The van der Waals surface area contributed by atoms with Crippen LogP contribution in [0.2, 0.25) is 0 Å². The average molecular weight is 370 g/mol. The summed E-state index contributed by atoms with van der Waals surface area (Å²) in [5, 5.41) is 5.63. The number of carbonyl (C=O) groups is 2. The zero-order valence-corrected chi connectivity index (χ0v) is 16.1. The van der Waals surface area contributed by atoms with Crippen molar-refractivity contribution in [3.05, 3.63) is 54.1 Å². The molecule has 0 heterocycles. The van der Waals surface area contributed by atoms with Crippen molar-refractivity contribution in [2.75, 3.05) is 19.0 Å². The third kappa shape index (κ3) is 5.74. The van der Waals surface area contributed by atoms with Crippen molar-refractivity contribution in [3.63, 3.8) is 0 Å². The lowest BCUT2D eigenvalue weighted by Crippen LogP contribution is -2.32. The first-order chi connectivity index (χ1) is 12.9. The summed E-state index contributed by atoms with van der Waals surface area (Å²) in [4.78, 5) is 24.9. The van der Waals surface area contributed by atoms with Crippen molar-refractivity contribution in [3.8, 4) is 11.5 Å². The summed E-state index contributed by atoms with van der Waals surface area (Å²) in [6, 6.07) is 14.0. The minimum atomic E-state index is -0.770. The molecule has 2 aromatic rings. The minimum absolute atomic E-state index is 0.224. The second kappa shape index (κ2) is 9.62. The van der Waals surface area contributed by atoms with E-state index < -0.39 is 6.10 Å². The molecular formula is C21H26N2O4. The van der Waals surface area contributed by atoms with Gasteiger partial charge < -0.3 is 20.1 Å². The van der Waals surface area contributed by atoms with E-state index >= 15 is 0 Å². The molecule has 0 aliphatic heterocycles. The maximum Gasteiger partial charge on any atom is 0.265 e. The number of nitrogens with one attached hydrogen (secondary N) is 2. The Morgan fingerprint density at radius 1 is 0.963 bits per heavy atom. The fourth-order valence-electron chi connectivity index (χ4n) is 2.38. The zero-order chi connectivity index (χ0) is 19.8. The number of hydrogen-bond donors (Lipinski definition) is 2. The lowest BCUT2D eigenvalue weighted by atomic mass is 10.1. The Bertz CT molecular complexity index is 789. The van der Waals surface area contributed by atoms with Crippen LogP contribution in [-0.2, 0) is 4.79 Å². The van der Waals surface area contributed by atoms with E-state index in [1.54, 1.807) is 56.5 Å². The van der Waals surface area contributed by atoms with Crippen LogP contribution in [0.25, 0.3) is 0 Å². The van der Waals surface area contributed by atoms with Gasteiger partial charge in [0, 0.05) is 6.54 Å². The lowest BCUT2D eigenvalue weighted by molar-refractivity contribution is -0.122. The van der Waals surface area contributed by atoms with Crippen molar-refractivity contribution in [2.24, 2.45) is 5.92 Å². The first kappa shape index (κ1) is 20.3. The number of amides is 2. The van der Waals surface area contributed by atoms with Gasteiger partial charge in [0.2, 0.25) is 0 Å². The summed E-state index contributed by atoms with van der Waals surface area (Å²) in [6.45, 7) is 6.24. The van der Waals surface area contributed by atoms with E-state index in [0.29, 0.717) is 35.2 Å². The SMILES string of the molecule is COc1ccccc1O[C@@H](C)C(=O)Nc1ccccc1C(=O)NCC(C)C. The predicted molar refractivity (Wildman–Crippen MR) is 105 cm³/mol. The predicted octanol–water partition coefficient (Wildman–Crippen LogP) is 3.49. The standard InChI is InChI=1S/C21H26N2O4/c1-14(2)13-22-21(25)16-9-5-6-10-17(16)23-20(24)15(3)27-19-12-8-7-11-18(19)26-4/h5-12,14-15H,13H2,1-4H3,(H,22,25)(H,23,24)/t15-/m0/s1. The van der Waals surface area contributed by atoms with Crippen molar-refractivity contribution in [1.29, 1.82) is 0 Å². The molecule has 0 saturated heterocycles. The first-order valence-corrected chi connectivity index (χ1v) is 8.90. The van der Waals surface area contributed by atoms with Crippen molar-refractivity contribution < 1.29 is 19.1 Å². The molecule has 0 spiro atoms. The Morgan fingerprint density at radius 2 is 1.59 bits per heavy atom. The highest BCUT2D eigenvalue weighted by Crippen LogP contribution is 2.27. The fourth-order valence-corrected chi connectivity index (χ4v) is 2.38. The molecule has 0 radical (unpaired) electrons. The second-order valence-electron chi connectivity index (χ2n) is 6.55. The van der Waals surface area contributed by atoms with Gasteiger partial charge in [-0.2, -0.15) is 0 Å². The maximum atomic E-state index is 12.5. The lowest BCUT2D eigenvalue weighted by Gasteiger charge is -2.18. The van der Waals surface area contributed by atoms with Crippen LogP contribution in [-0.4, -0.2) is 31.6 Å².